The molecule has 0 bridgehead atoms. The molecule has 1 aromatic heterocycles. The Bertz CT molecular complexity index is 438. The summed E-state index contributed by atoms with van der Waals surface area (Å²) in [7, 11) is 0. The fourth-order valence-electron chi connectivity index (χ4n) is 2.21. The van der Waals surface area contributed by atoms with Crippen molar-refractivity contribution in [3.63, 3.8) is 0 Å². The van der Waals surface area contributed by atoms with Crippen molar-refractivity contribution in [2.45, 2.75) is 51.9 Å². The maximum Gasteiger partial charge on any atom is 0.410 e. The van der Waals surface area contributed by atoms with Crippen LogP contribution in [0.4, 0.5) is 4.79 Å². The van der Waals surface area contributed by atoms with Gasteiger partial charge in [-0.1, -0.05) is 6.07 Å². The van der Waals surface area contributed by atoms with Gasteiger partial charge >= 0.3 is 6.09 Å². The molecule has 1 amide bonds. The first kappa shape index (κ1) is 15.3. The van der Waals surface area contributed by atoms with Crippen LogP contribution < -0.4 is 0 Å². The Balaban J connectivity index is 1.82. The van der Waals surface area contributed by atoms with Crippen LogP contribution in [0.2, 0.25) is 0 Å². The van der Waals surface area contributed by atoms with Crippen molar-refractivity contribution in [2.24, 2.45) is 0 Å². The van der Waals surface area contributed by atoms with Crippen LogP contribution >= 0.6 is 11.3 Å². The highest BCUT2D eigenvalue weighted by Crippen LogP contribution is 2.26. The lowest BCUT2D eigenvalue weighted by atomic mass is 10.2. The van der Waals surface area contributed by atoms with E-state index in [-0.39, 0.29) is 18.3 Å². The molecule has 1 aromatic rings. The van der Waals surface area contributed by atoms with Crippen molar-refractivity contribution in [1.29, 1.82) is 0 Å². The zero-order valence-electron chi connectivity index (χ0n) is 12.6. The minimum atomic E-state index is -0.444. The SMILES string of the molecule is C[C@H](O[C@@H]1CCN(C(=O)OC(C)(C)C)C1)c1cccs1. The number of amides is 1. The van der Waals surface area contributed by atoms with E-state index in [4.69, 9.17) is 9.47 Å². The van der Waals surface area contributed by atoms with Gasteiger partial charge in [0, 0.05) is 11.4 Å². The van der Waals surface area contributed by atoms with E-state index in [2.05, 4.69) is 18.4 Å². The molecule has 1 saturated heterocycles. The molecule has 1 aliphatic rings. The third-order valence-corrected chi connectivity index (χ3v) is 4.17. The van der Waals surface area contributed by atoms with Crippen molar-refractivity contribution in [3.8, 4) is 0 Å². The molecule has 4 nitrogen and oxygen atoms in total. The Hall–Kier alpha value is -1.07. The van der Waals surface area contributed by atoms with Crippen molar-refractivity contribution in [1.82, 2.24) is 4.90 Å². The molecular formula is C15H23NO3S. The van der Waals surface area contributed by atoms with Gasteiger partial charge in [0.15, 0.2) is 0 Å². The van der Waals surface area contributed by atoms with Gasteiger partial charge in [0.25, 0.3) is 0 Å². The molecule has 0 spiro atoms. The monoisotopic (exact) mass is 297 g/mol. The number of hydrogen-bond donors (Lipinski definition) is 0. The van der Waals surface area contributed by atoms with Gasteiger partial charge in [-0.25, -0.2) is 4.79 Å². The normalized spacial score (nSPS) is 21.0. The second-order valence-corrected chi connectivity index (χ2v) is 7.11. The van der Waals surface area contributed by atoms with Gasteiger partial charge in [-0.2, -0.15) is 0 Å². The Labute approximate surface area is 124 Å². The summed E-state index contributed by atoms with van der Waals surface area (Å²) in [6.45, 7) is 9.03. The summed E-state index contributed by atoms with van der Waals surface area (Å²) in [5.41, 5.74) is -0.444. The molecule has 0 radical (unpaired) electrons. The fourth-order valence-corrected chi connectivity index (χ4v) is 2.93. The van der Waals surface area contributed by atoms with Gasteiger partial charge < -0.3 is 14.4 Å². The van der Waals surface area contributed by atoms with Crippen molar-refractivity contribution < 1.29 is 14.3 Å². The zero-order valence-corrected chi connectivity index (χ0v) is 13.4. The molecular weight excluding hydrogens is 274 g/mol. The fraction of sp³-hybridized carbons (Fsp3) is 0.667. The molecule has 0 saturated carbocycles. The van der Waals surface area contributed by atoms with Crippen LogP contribution in [-0.4, -0.2) is 35.8 Å². The van der Waals surface area contributed by atoms with Crippen molar-refractivity contribution >= 4 is 17.4 Å². The largest absolute Gasteiger partial charge is 0.444 e. The molecule has 0 aliphatic carbocycles. The minimum Gasteiger partial charge on any atom is -0.444 e. The predicted octanol–water partition coefficient (Wildman–Crippen LogP) is 3.84. The highest BCUT2D eigenvalue weighted by Gasteiger charge is 2.31. The van der Waals surface area contributed by atoms with Gasteiger partial charge in [-0.15, -0.1) is 11.3 Å². The second kappa shape index (κ2) is 6.14. The van der Waals surface area contributed by atoms with Crippen LogP contribution in [0.5, 0.6) is 0 Å². The third kappa shape index (κ3) is 4.21. The Kier molecular flexibility index (Phi) is 4.70. The predicted molar refractivity (Wildman–Crippen MR) is 80.0 cm³/mol. The van der Waals surface area contributed by atoms with Gasteiger partial charge in [0.05, 0.1) is 18.8 Å². The summed E-state index contributed by atoms with van der Waals surface area (Å²) < 4.78 is 11.4. The molecule has 20 heavy (non-hydrogen) atoms. The first-order valence-electron chi connectivity index (χ1n) is 7.02. The Morgan fingerprint density at radius 3 is 2.85 bits per heavy atom. The third-order valence-electron chi connectivity index (χ3n) is 3.14. The standard InChI is InChI=1S/C15H23NO3S/c1-11(13-6-5-9-20-13)18-12-7-8-16(10-12)14(17)19-15(2,3)4/h5-6,9,11-12H,7-8,10H2,1-4H3/t11-,12+/m0/s1. The zero-order chi connectivity index (χ0) is 14.8. The molecule has 2 atom stereocenters. The van der Waals surface area contributed by atoms with E-state index in [1.807, 2.05) is 26.8 Å². The first-order chi connectivity index (χ1) is 9.35. The number of hydrogen-bond acceptors (Lipinski definition) is 4. The van der Waals surface area contributed by atoms with Gasteiger partial charge in [0.2, 0.25) is 0 Å². The number of carbonyl (C=O) groups is 1. The van der Waals surface area contributed by atoms with E-state index < -0.39 is 5.60 Å². The molecule has 0 aromatic carbocycles. The maximum absolute atomic E-state index is 12.0. The molecule has 2 rings (SSSR count). The molecule has 0 unspecified atom stereocenters. The molecule has 1 aliphatic heterocycles. The van der Waals surface area contributed by atoms with Crippen molar-refractivity contribution in [2.75, 3.05) is 13.1 Å². The molecule has 0 N–H and O–H groups in total. The van der Waals surface area contributed by atoms with E-state index in [1.54, 1.807) is 16.2 Å². The number of carbonyl (C=O) groups excluding carboxylic acids is 1. The summed E-state index contributed by atoms with van der Waals surface area (Å²) in [6, 6.07) is 4.11. The molecule has 112 valence electrons. The van der Waals surface area contributed by atoms with Crippen LogP contribution in [-0.2, 0) is 9.47 Å². The summed E-state index contributed by atoms with van der Waals surface area (Å²) in [4.78, 5) is 14.9. The van der Waals surface area contributed by atoms with E-state index in [9.17, 15) is 4.79 Å². The lowest BCUT2D eigenvalue weighted by Crippen LogP contribution is -2.36. The van der Waals surface area contributed by atoms with E-state index in [1.165, 1.54) is 4.88 Å². The summed E-state index contributed by atoms with van der Waals surface area (Å²) >= 11 is 1.70. The summed E-state index contributed by atoms with van der Waals surface area (Å²) in [5.74, 6) is 0. The average Bonchev–Trinajstić information content (AvgIpc) is 2.97. The summed E-state index contributed by atoms with van der Waals surface area (Å²) in [6.07, 6.45) is 0.806. The minimum absolute atomic E-state index is 0.0820. The van der Waals surface area contributed by atoms with E-state index >= 15 is 0 Å². The average molecular weight is 297 g/mol. The van der Waals surface area contributed by atoms with Gasteiger partial charge in [0.1, 0.15) is 5.60 Å². The van der Waals surface area contributed by atoms with Crippen LogP contribution in [0.3, 0.4) is 0 Å². The molecule has 1 fully saturated rings. The van der Waals surface area contributed by atoms with Gasteiger partial charge in [-0.3, -0.25) is 0 Å². The second-order valence-electron chi connectivity index (χ2n) is 6.13. The highest BCUT2D eigenvalue weighted by molar-refractivity contribution is 7.10. The lowest BCUT2D eigenvalue weighted by molar-refractivity contribution is -0.00253. The van der Waals surface area contributed by atoms with Gasteiger partial charge in [-0.05, 0) is 45.6 Å². The smallest absolute Gasteiger partial charge is 0.410 e. The van der Waals surface area contributed by atoms with Crippen LogP contribution in [0.1, 0.15) is 45.1 Å². The van der Waals surface area contributed by atoms with Crippen molar-refractivity contribution in [3.05, 3.63) is 22.4 Å². The maximum atomic E-state index is 12.0. The number of thiophene rings is 1. The van der Waals surface area contributed by atoms with Crippen LogP contribution in [0.15, 0.2) is 17.5 Å². The topological polar surface area (TPSA) is 38.8 Å². The number of likely N-dealkylation sites (tertiary alicyclic amines) is 1. The Morgan fingerprint density at radius 1 is 1.50 bits per heavy atom. The Morgan fingerprint density at radius 2 is 2.25 bits per heavy atom. The molecule has 2 heterocycles. The lowest BCUT2D eigenvalue weighted by Gasteiger charge is -2.24. The highest BCUT2D eigenvalue weighted by atomic mass is 32.1. The van der Waals surface area contributed by atoms with E-state index in [0.29, 0.717) is 13.1 Å². The first-order valence-corrected chi connectivity index (χ1v) is 7.90. The number of ether oxygens (including phenoxy) is 2. The summed E-state index contributed by atoms with van der Waals surface area (Å²) in [5, 5.41) is 2.05. The van der Waals surface area contributed by atoms with Crippen LogP contribution in [0.25, 0.3) is 0 Å². The van der Waals surface area contributed by atoms with E-state index in [0.717, 1.165) is 6.42 Å². The number of nitrogens with zero attached hydrogens (tertiary/aromatic N) is 1. The van der Waals surface area contributed by atoms with Crippen LogP contribution in [0, 0.1) is 0 Å². The quantitative estimate of drug-likeness (QED) is 0.851. The number of rotatable bonds is 3. The molecule has 5 heteroatoms.